The highest BCUT2D eigenvalue weighted by Gasteiger charge is 2.45. The number of hydrogen-bond donors (Lipinski definition) is 0. The van der Waals surface area contributed by atoms with Gasteiger partial charge in [-0.05, 0) is 68.4 Å². The van der Waals surface area contributed by atoms with Gasteiger partial charge in [0.1, 0.15) is 5.84 Å². The van der Waals surface area contributed by atoms with E-state index in [1.54, 1.807) is 12.1 Å². The predicted molar refractivity (Wildman–Crippen MR) is 108 cm³/mol. The number of amidine groups is 1. The van der Waals surface area contributed by atoms with Crippen LogP contribution in [0.1, 0.15) is 57.9 Å². The zero-order valence-electron chi connectivity index (χ0n) is 16.7. The third-order valence-corrected chi connectivity index (χ3v) is 7.04. The summed E-state index contributed by atoms with van der Waals surface area (Å²) >= 11 is 0. The van der Waals surface area contributed by atoms with E-state index in [0.717, 1.165) is 29.6 Å². The molecule has 0 radical (unpaired) electrons. The quantitative estimate of drug-likeness (QED) is 0.509. The SMILES string of the molecule is CC[C@H](C)CN1C(=Nc2ccc([N+](=O)[O-])cc2C)C2CC3CC(C2)CC1C3. The van der Waals surface area contributed by atoms with Crippen molar-refractivity contribution in [1.82, 2.24) is 4.90 Å². The monoisotopic (exact) mass is 369 g/mol. The minimum atomic E-state index is -0.328. The van der Waals surface area contributed by atoms with Crippen molar-refractivity contribution in [3.05, 3.63) is 33.9 Å². The van der Waals surface area contributed by atoms with Crippen molar-refractivity contribution < 1.29 is 4.92 Å². The molecule has 2 heterocycles. The largest absolute Gasteiger partial charge is 0.357 e. The summed E-state index contributed by atoms with van der Waals surface area (Å²) in [4.78, 5) is 18.5. The van der Waals surface area contributed by atoms with Crippen molar-refractivity contribution in [2.24, 2.45) is 28.7 Å². The number of non-ortho nitro benzene ring substituents is 1. The first-order chi connectivity index (χ1) is 12.9. The van der Waals surface area contributed by atoms with E-state index in [4.69, 9.17) is 4.99 Å². The molecule has 27 heavy (non-hydrogen) atoms. The van der Waals surface area contributed by atoms with Gasteiger partial charge in [0, 0.05) is 30.6 Å². The highest BCUT2D eigenvalue weighted by atomic mass is 16.6. The number of aryl methyl sites for hydroxylation is 1. The maximum Gasteiger partial charge on any atom is 0.269 e. The summed E-state index contributed by atoms with van der Waals surface area (Å²) in [6.45, 7) is 7.63. The Bertz CT molecular complexity index is 746. The summed E-state index contributed by atoms with van der Waals surface area (Å²) in [7, 11) is 0. The Morgan fingerprint density at radius 1 is 1.22 bits per heavy atom. The molecule has 0 spiro atoms. The summed E-state index contributed by atoms with van der Waals surface area (Å²) in [6, 6.07) is 5.70. The van der Waals surface area contributed by atoms with Gasteiger partial charge >= 0.3 is 0 Å². The van der Waals surface area contributed by atoms with Crippen LogP contribution in [0.3, 0.4) is 0 Å². The van der Waals surface area contributed by atoms with Crippen LogP contribution < -0.4 is 0 Å². The van der Waals surface area contributed by atoms with Crippen molar-refractivity contribution in [1.29, 1.82) is 0 Å². The Morgan fingerprint density at radius 2 is 1.93 bits per heavy atom. The van der Waals surface area contributed by atoms with Crippen molar-refractivity contribution in [2.75, 3.05) is 6.54 Å². The van der Waals surface area contributed by atoms with Crippen LogP contribution in [-0.4, -0.2) is 28.2 Å². The van der Waals surface area contributed by atoms with E-state index in [1.165, 1.54) is 44.4 Å². The molecular weight excluding hydrogens is 338 g/mol. The molecule has 2 saturated heterocycles. The molecule has 5 heteroatoms. The van der Waals surface area contributed by atoms with Crippen molar-refractivity contribution in [3.63, 3.8) is 0 Å². The minimum absolute atomic E-state index is 0.147. The highest BCUT2D eigenvalue weighted by molar-refractivity contribution is 5.88. The van der Waals surface area contributed by atoms with Crippen LogP contribution in [0.25, 0.3) is 0 Å². The number of nitro groups is 1. The number of benzene rings is 1. The van der Waals surface area contributed by atoms with Gasteiger partial charge in [-0.1, -0.05) is 20.3 Å². The van der Waals surface area contributed by atoms with E-state index >= 15 is 0 Å². The molecule has 2 aliphatic heterocycles. The molecule has 4 bridgehead atoms. The lowest BCUT2D eigenvalue weighted by atomic mass is 9.68. The second kappa shape index (κ2) is 7.25. The van der Waals surface area contributed by atoms with Gasteiger partial charge in [-0.25, -0.2) is 4.99 Å². The standard InChI is InChI=1S/C22H31N3O2/c1-4-14(2)13-24-20-11-16-8-17(12-20)10-18(9-16)22(24)23-21-6-5-19(25(26)27)7-15(21)3/h5-7,14,16-18,20H,4,8-13H2,1-3H3/t14-,16?,17?,18?,20?/m0/s1. The molecule has 3 atom stereocenters. The molecule has 4 aliphatic rings. The van der Waals surface area contributed by atoms with Crippen LogP contribution >= 0.6 is 0 Å². The predicted octanol–water partition coefficient (Wildman–Crippen LogP) is 5.49. The first kappa shape index (κ1) is 18.5. The van der Waals surface area contributed by atoms with E-state index in [1.807, 2.05) is 13.0 Å². The van der Waals surface area contributed by atoms with Crippen LogP contribution in [0, 0.1) is 40.7 Å². The molecule has 2 saturated carbocycles. The molecular formula is C22H31N3O2. The number of aliphatic imine (C=N–C) groups is 1. The summed E-state index contributed by atoms with van der Waals surface area (Å²) in [6.07, 6.45) is 7.78. The number of hydrogen-bond acceptors (Lipinski definition) is 3. The zero-order chi connectivity index (χ0) is 19.1. The Labute approximate surface area is 162 Å². The summed E-state index contributed by atoms with van der Waals surface area (Å²) in [5, 5.41) is 11.1. The van der Waals surface area contributed by atoms with Crippen LogP contribution in [0.15, 0.2) is 23.2 Å². The third-order valence-electron chi connectivity index (χ3n) is 7.04. The van der Waals surface area contributed by atoms with Crippen LogP contribution in [-0.2, 0) is 0 Å². The van der Waals surface area contributed by atoms with Gasteiger partial charge in [0.05, 0.1) is 10.6 Å². The second-order valence-corrected chi connectivity index (χ2v) is 9.12. The van der Waals surface area contributed by atoms with E-state index in [-0.39, 0.29) is 10.6 Å². The van der Waals surface area contributed by atoms with E-state index in [0.29, 0.717) is 17.9 Å². The Kier molecular flexibility index (Phi) is 4.95. The van der Waals surface area contributed by atoms with Crippen molar-refractivity contribution in [3.8, 4) is 0 Å². The lowest BCUT2D eigenvalue weighted by Gasteiger charge is -2.39. The van der Waals surface area contributed by atoms with Gasteiger partial charge in [-0.2, -0.15) is 0 Å². The van der Waals surface area contributed by atoms with Crippen LogP contribution in [0.2, 0.25) is 0 Å². The molecule has 0 N–H and O–H groups in total. The van der Waals surface area contributed by atoms with Crippen LogP contribution in [0.5, 0.6) is 0 Å². The van der Waals surface area contributed by atoms with Gasteiger partial charge in [-0.3, -0.25) is 10.1 Å². The first-order valence-electron chi connectivity index (χ1n) is 10.5. The first-order valence-corrected chi connectivity index (χ1v) is 10.5. The summed E-state index contributed by atoms with van der Waals surface area (Å²) in [5.74, 6) is 4.20. The molecule has 5 rings (SSSR count). The molecule has 2 unspecified atom stereocenters. The highest BCUT2D eigenvalue weighted by Crippen LogP contribution is 2.49. The van der Waals surface area contributed by atoms with Crippen molar-refractivity contribution in [2.45, 2.75) is 65.3 Å². The fourth-order valence-electron chi connectivity index (χ4n) is 5.57. The Balaban J connectivity index is 1.73. The van der Waals surface area contributed by atoms with Gasteiger partial charge in [0.15, 0.2) is 0 Å². The Hall–Kier alpha value is -1.91. The summed E-state index contributed by atoms with van der Waals surface area (Å²) in [5.41, 5.74) is 1.93. The van der Waals surface area contributed by atoms with Gasteiger partial charge < -0.3 is 4.90 Å². The smallest absolute Gasteiger partial charge is 0.269 e. The fraction of sp³-hybridized carbons (Fsp3) is 0.682. The number of nitrogens with zero attached hydrogens (tertiary/aromatic N) is 3. The maximum absolute atomic E-state index is 11.1. The molecule has 1 aromatic carbocycles. The number of nitro benzene ring substituents is 1. The van der Waals surface area contributed by atoms with E-state index in [9.17, 15) is 10.1 Å². The van der Waals surface area contributed by atoms with Crippen molar-refractivity contribution >= 4 is 17.2 Å². The number of rotatable bonds is 5. The minimum Gasteiger partial charge on any atom is -0.357 e. The summed E-state index contributed by atoms with van der Waals surface area (Å²) < 4.78 is 0. The molecule has 1 aromatic rings. The van der Waals surface area contributed by atoms with Crippen LogP contribution in [0.4, 0.5) is 11.4 Å². The third kappa shape index (κ3) is 3.61. The second-order valence-electron chi connectivity index (χ2n) is 9.12. The van der Waals surface area contributed by atoms with Gasteiger partial charge in [0.2, 0.25) is 0 Å². The normalized spacial score (nSPS) is 32.0. The lowest BCUT2D eigenvalue weighted by Crippen LogP contribution is -2.43. The molecule has 0 aromatic heterocycles. The molecule has 146 valence electrons. The lowest BCUT2D eigenvalue weighted by molar-refractivity contribution is -0.384. The fourth-order valence-corrected chi connectivity index (χ4v) is 5.57. The van der Waals surface area contributed by atoms with Gasteiger partial charge in [-0.15, -0.1) is 0 Å². The average molecular weight is 370 g/mol. The van der Waals surface area contributed by atoms with E-state index < -0.39 is 0 Å². The molecule has 2 aliphatic carbocycles. The molecule has 4 fully saturated rings. The molecule has 0 amide bonds. The topological polar surface area (TPSA) is 58.7 Å². The number of fused-ring (bicyclic) bond motifs is 1. The average Bonchev–Trinajstić information content (AvgIpc) is 2.78. The zero-order valence-corrected chi connectivity index (χ0v) is 16.7. The maximum atomic E-state index is 11.1. The van der Waals surface area contributed by atoms with E-state index in [2.05, 4.69) is 18.7 Å². The Morgan fingerprint density at radius 3 is 2.52 bits per heavy atom. The molecule has 5 nitrogen and oxygen atoms in total. The van der Waals surface area contributed by atoms with Gasteiger partial charge in [0.25, 0.3) is 5.69 Å².